The van der Waals surface area contributed by atoms with Crippen LogP contribution in [0.2, 0.25) is 5.02 Å². The number of carbonyl (C=O) groups is 1. The van der Waals surface area contributed by atoms with Gasteiger partial charge in [-0.3, -0.25) is 4.79 Å². The summed E-state index contributed by atoms with van der Waals surface area (Å²) in [6.45, 7) is 3.99. The molecule has 2 heterocycles. The highest BCUT2D eigenvalue weighted by atomic mass is 35.5. The van der Waals surface area contributed by atoms with Crippen LogP contribution >= 0.6 is 11.6 Å². The predicted octanol–water partition coefficient (Wildman–Crippen LogP) is 4.04. The molecule has 5 nitrogen and oxygen atoms in total. The number of benzene rings is 1. The van der Waals surface area contributed by atoms with Crippen LogP contribution in [0.15, 0.2) is 30.7 Å². The summed E-state index contributed by atoms with van der Waals surface area (Å²) in [5.41, 5.74) is 2.19. The van der Waals surface area contributed by atoms with E-state index >= 15 is 0 Å². The second-order valence-corrected chi connectivity index (χ2v) is 5.79. The molecule has 1 N–H and O–H groups in total. The maximum atomic E-state index is 14.4. The third kappa shape index (κ3) is 2.77. The summed E-state index contributed by atoms with van der Waals surface area (Å²) in [7, 11) is 0. The first-order valence-electron chi connectivity index (χ1n) is 7.03. The molecule has 0 unspecified atom stereocenters. The molecule has 0 spiro atoms. The first-order valence-corrected chi connectivity index (χ1v) is 7.41. The van der Waals surface area contributed by atoms with Gasteiger partial charge in [0.15, 0.2) is 5.82 Å². The lowest BCUT2D eigenvalue weighted by Crippen LogP contribution is -1.99. The summed E-state index contributed by atoms with van der Waals surface area (Å²) in [6.07, 6.45) is 3.57. The Hall–Kier alpha value is -2.47. The zero-order valence-electron chi connectivity index (χ0n) is 12.5. The molecular formula is C16H14ClFN4O. The predicted molar refractivity (Wildman–Crippen MR) is 88.0 cm³/mol. The molecule has 0 saturated heterocycles. The van der Waals surface area contributed by atoms with E-state index in [9.17, 15) is 9.18 Å². The van der Waals surface area contributed by atoms with E-state index in [0.717, 1.165) is 0 Å². The number of amides is 1. The molecule has 118 valence electrons. The van der Waals surface area contributed by atoms with Crippen molar-refractivity contribution in [2.45, 2.75) is 19.9 Å². The Morgan fingerprint density at radius 1 is 1.30 bits per heavy atom. The minimum absolute atomic E-state index is 0.148. The first kappa shape index (κ1) is 15.4. The Morgan fingerprint density at radius 2 is 2.09 bits per heavy atom. The van der Waals surface area contributed by atoms with Crippen molar-refractivity contribution in [3.8, 4) is 11.1 Å². The van der Waals surface area contributed by atoms with Crippen molar-refractivity contribution in [1.29, 1.82) is 0 Å². The summed E-state index contributed by atoms with van der Waals surface area (Å²) < 4.78 is 16.3. The Bertz CT molecular complexity index is 891. The van der Waals surface area contributed by atoms with Gasteiger partial charge in [0.1, 0.15) is 11.3 Å². The van der Waals surface area contributed by atoms with E-state index in [1.807, 2.05) is 24.5 Å². The van der Waals surface area contributed by atoms with E-state index in [2.05, 4.69) is 15.3 Å². The molecule has 0 aliphatic heterocycles. The average Bonchev–Trinajstić information content (AvgIpc) is 2.94. The van der Waals surface area contributed by atoms with Crippen LogP contribution in [-0.4, -0.2) is 20.9 Å². The van der Waals surface area contributed by atoms with Crippen molar-refractivity contribution in [1.82, 2.24) is 14.5 Å². The summed E-state index contributed by atoms with van der Waals surface area (Å²) in [5.74, 6) is -0.0769. The molecular weight excluding hydrogens is 319 g/mol. The van der Waals surface area contributed by atoms with Gasteiger partial charge in [-0.1, -0.05) is 11.6 Å². The van der Waals surface area contributed by atoms with Crippen molar-refractivity contribution < 1.29 is 9.18 Å². The van der Waals surface area contributed by atoms with Crippen LogP contribution in [0.3, 0.4) is 0 Å². The summed E-state index contributed by atoms with van der Waals surface area (Å²) in [4.78, 5) is 18.7. The van der Waals surface area contributed by atoms with Crippen LogP contribution in [0.25, 0.3) is 22.2 Å². The minimum Gasteiger partial charge on any atom is -0.328 e. The molecule has 0 saturated carbocycles. The second kappa shape index (κ2) is 5.96. The van der Waals surface area contributed by atoms with Gasteiger partial charge >= 0.3 is 0 Å². The normalized spacial score (nSPS) is 11.2. The fraction of sp³-hybridized carbons (Fsp3) is 0.188. The second-order valence-electron chi connectivity index (χ2n) is 5.38. The lowest BCUT2D eigenvalue weighted by molar-refractivity contribution is -0.105. The molecule has 3 aromatic rings. The number of anilines is 1. The van der Waals surface area contributed by atoms with Crippen molar-refractivity contribution >= 4 is 34.9 Å². The average molecular weight is 333 g/mol. The lowest BCUT2D eigenvalue weighted by atomic mass is 10.1. The molecule has 23 heavy (non-hydrogen) atoms. The third-order valence-corrected chi connectivity index (χ3v) is 3.86. The van der Waals surface area contributed by atoms with Gasteiger partial charge in [-0.15, -0.1) is 0 Å². The van der Waals surface area contributed by atoms with Gasteiger partial charge in [0, 0.05) is 17.8 Å². The van der Waals surface area contributed by atoms with Crippen LogP contribution in [0.4, 0.5) is 10.2 Å². The standard InChI is InChI=1S/C16H14ClFN4O/c1-9(2)22-7-20-16-13(18)3-10(4-14(16)22)11-5-15(21-8-23)19-6-12(11)17/h3-9H,1-2H3,(H,19,21,23). The number of hydrogen-bond donors (Lipinski definition) is 1. The fourth-order valence-electron chi connectivity index (χ4n) is 2.46. The van der Waals surface area contributed by atoms with E-state index in [0.29, 0.717) is 39.4 Å². The smallest absolute Gasteiger partial charge is 0.212 e. The van der Waals surface area contributed by atoms with E-state index in [1.165, 1.54) is 12.3 Å². The molecule has 1 aromatic carbocycles. The Morgan fingerprint density at radius 3 is 2.78 bits per heavy atom. The number of imidazole rings is 1. The highest BCUT2D eigenvalue weighted by molar-refractivity contribution is 6.33. The van der Waals surface area contributed by atoms with Crippen molar-refractivity contribution in [2.24, 2.45) is 0 Å². The van der Waals surface area contributed by atoms with E-state index in [1.54, 1.807) is 12.4 Å². The fourth-order valence-corrected chi connectivity index (χ4v) is 2.67. The zero-order chi connectivity index (χ0) is 16.6. The van der Waals surface area contributed by atoms with E-state index < -0.39 is 5.82 Å². The lowest BCUT2D eigenvalue weighted by Gasteiger charge is -2.11. The Labute approximate surface area is 137 Å². The van der Waals surface area contributed by atoms with Gasteiger partial charge in [0.05, 0.1) is 16.9 Å². The first-order chi connectivity index (χ1) is 11.0. The van der Waals surface area contributed by atoms with Gasteiger partial charge in [0.25, 0.3) is 0 Å². The molecule has 0 aliphatic carbocycles. The Kier molecular flexibility index (Phi) is 4.00. The minimum atomic E-state index is -0.422. The maximum Gasteiger partial charge on any atom is 0.212 e. The summed E-state index contributed by atoms with van der Waals surface area (Å²) >= 11 is 6.19. The van der Waals surface area contributed by atoms with Gasteiger partial charge in [0.2, 0.25) is 6.41 Å². The molecule has 1 amide bonds. The molecule has 0 aliphatic rings. The molecule has 0 radical (unpaired) electrons. The highest BCUT2D eigenvalue weighted by Crippen LogP contribution is 2.33. The summed E-state index contributed by atoms with van der Waals surface area (Å²) in [5, 5.41) is 2.83. The van der Waals surface area contributed by atoms with Crippen LogP contribution < -0.4 is 5.32 Å². The van der Waals surface area contributed by atoms with Crippen molar-refractivity contribution in [2.75, 3.05) is 5.32 Å². The van der Waals surface area contributed by atoms with Crippen LogP contribution in [0.1, 0.15) is 19.9 Å². The molecule has 3 rings (SSSR count). The number of hydrogen-bond acceptors (Lipinski definition) is 3. The number of nitrogens with one attached hydrogen (secondary N) is 1. The largest absolute Gasteiger partial charge is 0.328 e. The van der Waals surface area contributed by atoms with Crippen LogP contribution in [0, 0.1) is 5.82 Å². The van der Waals surface area contributed by atoms with Gasteiger partial charge in [-0.2, -0.15) is 0 Å². The third-order valence-electron chi connectivity index (χ3n) is 3.56. The molecule has 0 fully saturated rings. The van der Waals surface area contributed by atoms with Crippen LogP contribution in [0.5, 0.6) is 0 Å². The van der Waals surface area contributed by atoms with E-state index in [-0.39, 0.29) is 6.04 Å². The zero-order valence-corrected chi connectivity index (χ0v) is 13.3. The molecule has 0 bridgehead atoms. The number of halogens is 2. The van der Waals surface area contributed by atoms with Gasteiger partial charge in [-0.25, -0.2) is 14.4 Å². The Balaban J connectivity index is 2.22. The number of rotatable bonds is 4. The number of carbonyl (C=O) groups excluding carboxylic acids is 1. The molecule has 7 heteroatoms. The topological polar surface area (TPSA) is 59.8 Å². The summed E-state index contributed by atoms with van der Waals surface area (Å²) in [6, 6.07) is 4.96. The molecule has 0 atom stereocenters. The van der Waals surface area contributed by atoms with Crippen LogP contribution in [-0.2, 0) is 4.79 Å². The van der Waals surface area contributed by atoms with Gasteiger partial charge in [-0.05, 0) is 37.6 Å². The SMILES string of the molecule is CC(C)n1cnc2c(F)cc(-c3cc(NC=O)ncc3Cl)cc21. The molecule has 2 aromatic heterocycles. The maximum absolute atomic E-state index is 14.4. The monoisotopic (exact) mass is 332 g/mol. The number of fused-ring (bicyclic) bond motifs is 1. The quantitative estimate of drug-likeness (QED) is 0.733. The number of pyridine rings is 1. The number of aromatic nitrogens is 3. The van der Waals surface area contributed by atoms with Gasteiger partial charge < -0.3 is 9.88 Å². The van der Waals surface area contributed by atoms with E-state index in [4.69, 9.17) is 11.6 Å². The van der Waals surface area contributed by atoms with Crippen molar-refractivity contribution in [3.63, 3.8) is 0 Å². The number of nitrogens with zero attached hydrogens (tertiary/aromatic N) is 3. The highest BCUT2D eigenvalue weighted by Gasteiger charge is 2.14. The van der Waals surface area contributed by atoms with Crippen molar-refractivity contribution in [3.05, 3.63) is 41.6 Å².